The summed E-state index contributed by atoms with van der Waals surface area (Å²) in [6.45, 7) is 6.40. The number of aryl methyl sites for hydroxylation is 2. The van der Waals surface area contributed by atoms with Crippen molar-refractivity contribution >= 4 is 33.6 Å². The Hall–Kier alpha value is -3.60. The van der Waals surface area contributed by atoms with Crippen molar-refractivity contribution in [3.8, 4) is 0 Å². The minimum absolute atomic E-state index is 0.0712. The summed E-state index contributed by atoms with van der Waals surface area (Å²) in [6.07, 6.45) is 1.79. The smallest absolute Gasteiger partial charge is 0.338 e. The van der Waals surface area contributed by atoms with E-state index in [1.165, 1.54) is 5.56 Å². The molecule has 4 rings (SSSR count). The second-order valence-corrected chi connectivity index (χ2v) is 7.93. The van der Waals surface area contributed by atoms with Gasteiger partial charge in [0.15, 0.2) is 0 Å². The van der Waals surface area contributed by atoms with Gasteiger partial charge in [-0.05, 0) is 73.4 Å². The summed E-state index contributed by atoms with van der Waals surface area (Å²) >= 11 is 0. The third-order valence-electron chi connectivity index (χ3n) is 5.50. The number of anilines is 1. The fourth-order valence-electron chi connectivity index (χ4n) is 3.62. The van der Waals surface area contributed by atoms with Gasteiger partial charge >= 0.3 is 5.97 Å². The maximum absolute atomic E-state index is 12.6. The number of rotatable bonds is 5. The van der Waals surface area contributed by atoms with E-state index >= 15 is 0 Å². The molecule has 1 heterocycles. The molecular formula is C28H31NO4. The highest BCUT2D eigenvalue weighted by Crippen LogP contribution is 2.24. The summed E-state index contributed by atoms with van der Waals surface area (Å²) in [5.41, 5.74) is 5.43. The first kappa shape index (κ1) is 24.1. The molecular weight excluding hydrogens is 414 g/mol. The van der Waals surface area contributed by atoms with Gasteiger partial charge in [0, 0.05) is 19.8 Å². The lowest BCUT2D eigenvalue weighted by Gasteiger charge is -2.12. The number of carbonyl (C=O) groups is 1. The molecule has 0 aliphatic carbocycles. The molecule has 5 heteroatoms. The molecule has 0 aliphatic heterocycles. The van der Waals surface area contributed by atoms with Crippen molar-refractivity contribution in [3.63, 3.8) is 0 Å². The van der Waals surface area contributed by atoms with Crippen LogP contribution in [0.15, 0.2) is 69.9 Å². The second-order valence-electron chi connectivity index (χ2n) is 7.93. The average Bonchev–Trinajstić information content (AvgIpc) is 2.84. The maximum atomic E-state index is 12.6. The first-order chi connectivity index (χ1) is 15.9. The molecule has 0 N–H and O–H groups in total. The van der Waals surface area contributed by atoms with Gasteiger partial charge in [0.1, 0.15) is 11.2 Å². The van der Waals surface area contributed by atoms with Gasteiger partial charge < -0.3 is 14.1 Å². The SMILES string of the molecule is CCOC(=O)c1ccc(N(C)C)cc1.CCc1cc(CC)c2oc3ccccc3c(=O)c2c1. The van der Waals surface area contributed by atoms with E-state index in [0.717, 1.165) is 29.7 Å². The number of fused-ring (bicyclic) bond motifs is 2. The van der Waals surface area contributed by atoms with Crippen LogP contribution in [0.3, 0.4) is 0 Å². The van der Waals surface area contributed by atoms with Crippen molar-refractivity contribution in [2.24, 2.45) is 0 Å². The fourth-order valence-corrected chi connectivity index (χ4v) is 3.62. The number of carbonyl (C=O) groups excluding carboxylic acids is 1. The zero-order valence-electron chi connectivity index (χ0n) is 20.0. The van der Waals surface area contributed by atoms with E-state index in [9.17, 15) is 9.59 Å². The van der Waals surface area contributed by atoms with E-state index in [4.69, 9.17) is 9.15 Å². The molecule has 1 aromatic heterocycles. The molecule has 0 aliphatic rings. The van der Waals surface area contributed by atoms with Crippen LogP contribution >= 0.6 is 0 Å². The molecule has 4 aromatic rings. The maximum Gasteiger partial charge on any atom is 0.338 e. The highest BCUT2D eigenvalue weighted by molar-refractivity contribution is 5.91. The molecule has 0 saturated carbocycles. The number of hydrogen-bond acceptors (Lipinski definition) is 5. The van der Waals surface area contributed by atoms with E-state index in [-0.39, 0.29) is 11.4 Å². The summed E-state index contributed by atoms with van der Waals surface area (Å²) in [4.78, 5) is 25.8. The molecule has 0 unspecified atom stereocenters. The van der Waals surface area contributed by atoms with Gasteiger partial charge in [0.25, 0.3) is 0 Å². The molecule has 5 nitrogen and oxygen atoms in total. The van der Waals surface area contributed by atoms with Gasteiger partial charge in [-0.15, -0.1) is 0 Å². The minimum Gasteiger partial charge on any atom is -0.462 e. The van der Waals surface area contributed by atoms with E-state index in [0.29, 0.717) is 28.5 Å². The van der Waals surface area contributed by atoms with Crippen LogP contribution in [0.2, 0.25) is 0 Å². The van der Waals surface area contributed by atoms with Crippen molar-refractivity contribution in [2.45, 2.75) is 33.6 Å². The summed E-state index contributed by atoms with van der Waals surface area (Å²) in [5, 5.41) is 1.36. The molecule has 0 atom stereocenters. The van der Waals surface area contributed by atoms with Crippen LogP contribution in [-0.4, -0.2) is 26.7 Å². The Kier molecular flexibility index (Phi) is 7.88. The number of nitrogens with zero attached hydrogens (tertiary/aromatic N) is 1. The Labute approximate surface area is 194 Å². The summed E-state index contributed by atoms with van der Waals surface area (Å²) in [6, 6.07) is 18.9. The Balaban J connectivity index is 0.000000196. The Morgan fingerprint density at radius 2 is 1.61 bits per heavy atom. The lowest BCUT2D eigenvalue weighted by atomic mass is 10.0. The highest BCUT2D eigenvalue weighted by atomic mass is 16.5. The number of esters is 1. The predicted molar refractivity (Wildman–Crippen MR) is 135 cm³/mol. The van der Waals surface area contributed by atoms with Crippen molar-refractivity contribution < 1.29 is 13.9 Å². The van der Waals surface area contributed by atoms with E-state index < -0.39 is 0 Å². The molecule has 3 aromatic carbocycles. The lowest BCUT2D eigenvalue weighted by molar-refractivity contribution is 0.0526. The number of para-hydroxylation sites is 1. The molecule has 0 bridgehead atoms. The summed E-state index contributed by atoms with van der Waals surface area (Å²) < 4.78 is 10.8. The van der Waals surface area contributed by atoms with Gasteiger partial charge in [-0.1, -0.05) is 32.0 Å². The zero-order valence-corrected chi connectivity index (χ0v) is 20.0. The number of ether oxygens (including phenoxy) is 1. The molecule has 0 saturated heterocycles. The van der Waals surface area contributed by atoms with E-state index in [1.54, 1.807) is 19.1 Å². The van der Waals surface area contributed by atoms with Crippen molar-refractivity contribution in [3.05, 3.63) is 87.6 Å². The molecule has 0 amide bonds. The molecule has 0 spiro atoms. The van der Waals surface area contributed by atoms with Crippen LogP contribution in [0, 0.1) is 0 Å². The van der Waals surface area contributed by atoms with Gasteiger partial charge in [-0.3, -0.25) is 4.79 Å². The zero-order chi connectivity index (χ0) is 24.0. The molecule has 33 heavy (non-hydrogen) atoms. The van der Waals surface area contributed by atoms with Crippen LogP contribution in [0.25, 0.3) is 21.9 Å². The minimum atomic E-state index is -0.266. The lowest BCUT2D eigenvalue weighted by Crippen LogP contribution is -2.09. The van der Waals surface area contributed by atoms with Gasteiger partial charge in [-0.25, -0.2) is 4.79 Å². The van der Waals surface area contributed by atoms with Crippen LogP contribution in [0.5, 0.6) is 0 Å². The summed E-state index contributed by atoms with van der Waals surface area (Å²) in [7, 11) is 3.92. The number of benzene rings is 3. The van der Waals surface area contributed by atoms with Crippen molar-refractivity contribution in [1.82, 2.24) is 0 Å². The average molecular weight is 446 g/mol. The van der Waals surface area contributed by atoms with Crippen LogP contribution < -0.4 is 10.3 Å². The van der Waals surface area contributed by atoms with Crippen LogP contribution in [0.1, 0.15) is 42.3 Å². The van der Waals surface area contributed by atoms with Gasteiger partial charge in [-0.2, -0.15) is 0 Å². The third kappa shape index (κ3) is 5.43. The Bertz CT molecular complexity index is 1300. The van der Waals surface area contributed by atoms with Crippen molar-refractivity contribution in [1.29, 1.82) is 0 Å². The largest absolute Gasteiger partial charge is 0.462 e. The Morgan fingerprint density at radius 1 is 0.909 bits per heavy atom. The Morgan fingerprint density at radius 3 is 2.21 bits per heavy atom. The molecule has 0 fully saturated rings. The normalized spacial score (nSPS) is 10.6. The first-order valence-corrected chi connectivity index (χ1v) is 11.3. The van der Waals surface area contributed by atoms with Crippen LogP contribution in [-0.2, 0) is 17.6 Å². The fraction of sp³-hybridized carbons (Fsp3) is 0.286. The first-order valence-electron chi connectivity index (χ1n) is 11.3. The second kappa shape index (κ2) is 10.8. The highest BCUT2D eigenvalue weighted by Gasteiger charge is 2.11. The molecule has 172 valence electrons. The van der Waals surface area contributed by atoms with E-state index in [1.807, 2.05) is 61.5 Å². The standard InChI is InChI=1S/C17H16O2.C11H15NO2/c1-3-11-9-12(4-2)17-14(10-11)16(18)13-7-5-6-8-15(13)19-17;1-4-14-11(13)9-5-7-10(8-6-9)12(2)3/h5-10H,3-4H2,1-2H3;5-8H,4H2,1-3H3. The monoisotopic (exact) mass is 445 g/mol. The molecule has 0 radical (unpaired) electrons. The van der Waals surface area contributed by atoms with Crippen molar-refractivity contribution in [2.75, 3.05) is 25.6 Å². The summed E-state index contributed by atoms with van der Waals surface area (Å²) in [5.74, 6) is -0.266. The topological polar surface area (TPSA) is 59.8 Å². The predicted octanol–water partition coefficient (Wildman–Crippen LogP) is 6.00. The van der Waals surface area contributed by atoms with Gasteiger partial charge in [0.2, 0.25) is 5.43 Å². The van der Waals surface area contributed by atoms with Gasteiger partial charge in [0.05, 0.1) is 22.9 Å². The van der Waals surface area contributed by atoms with Crippen LogP contribution in [0.4, 0.5) is 5.69 Å². The van der Waals surface area contributed by atoms with E-state index in [2.05, 4.69) is 19.9 Å². The quantitative estimate of drug-likeness (QED) is 0.278. The third-order valence-corrected chi connectivity index (χ3v) is 5.50. The number of hydrogen-bond donors (Lipinski definition) is 0.